The number of aromatic nitrogens is 2. The highest BCUT2D eigenvalue weighted by atomic mass is 19.1. The molecule has 160 valence electrons. The molecule has 6 heteroatoms. The van der Waals surface area contributed by atoms with Gasteiger partial charge in [0.15, 0.2) is 0 Å². The van der Waals surface area contributed by atoms with Crippen molar-refractivity contribution in [2.75, 3.05) is 20.2 Å². The quantitative estimate of drug-likeness (QED) is 0.585. The van der Waals surface area contributed by atoms with E-state index in [4.69, 9.17) is 9.72 Å². The Morgan fingerprint density at radius 2 is 2.03 bits per heavy atom. The van der Waals surface area contributed by atoms with E-state index in [9.17, 15) is 9.18 Å². The minimum atomic E-state index is -0.258. The highest BCUT2D eigenvalue weighted by Crippen LogP contribution is 2.28. The maximum Gasteiger partial charge on any atom is 0.222 e. The SMILES string of the molecule is COc1cccc(-c2cncc([C@H]3CCCN(C(=O)CCc4ccc(F)cc4)C3)n2)c1. The molecule has 0 bridgehead atoms. The van der Waals surface area contributed by atoms with E-state index in [1.165, 1.54) is 12.1 Å². The molecule has 1 fully saturated rings. The van der Waals surface area contributed by atoms with Gasteiger partial charge in [0.2, 0.25) is 5.91 Å². The lowest BCUT2D eigenvalue weighted by molar-refractivity contribution is -0.132. The number of amides is 1. The second-order valence-corrected chi connectivity index (χ2v) is 7.87. The van der Waals surface area contributed by atoms with Gasteiger partial charge < -0.3 is 9.64 Å². The molecular formula is C25H26FN3O2. The van der Waals surface area contributed by atoms with Gasteiger partial charge in [-0.15, -0.1) is 0 Å². The van der Waals surface area contributed by atoms with Crippen molar-refractivity contribution in [3.63, 3.8) is 0 Å². The van der Waals surface area contributed by atoms with Crippen molar-refractivity contribution in [2.24, 2.45) is 0 Å². The van der Waals surface area contributed by atoms with Crippen LogP contribution in [-0.4, -0.2) is 41.0 Å². The number of halogens is 1. The molecule has 1 saturated heterocycles. The van der Waals surface area contributed by atoms with Crippen LogP contribution in [0.4, 0.5) is 4.39 Å². The summed E-state index contributed by atoms with van der Waals surface area (Å²) in [6, 6.07) is 14.1. The lowest BCUT2D eigenvalue weighted by Gasteiger charge is -2.32. The summed E-state index contributed by atoms with van der Waals surface area (Å²) in [5.74, 6) is 0.819. The van der Waals surface area contributed by atoms with Crippen LogP contribution in [0, 0.1) is 5.82 Å². The van der Waals surface area contributed by atoms with Crippen LogP contribution in [0.15, 0.2) is 60.9 Å². The van der Waals surface area contributed by atoms with Gasteiger partial charge in [0.1, 0.15) is 11.6 Å². The maximum absolute atomic E-state index is 13.1. The number of nitrogens with zero attached hydrogens (tertiary/aromatic N) is 3. The summed E-state index contributed by atoms with van der Waals surface area (Å²) in [6.45, 7) is 1.42. The number of carbonyl (C=O) groups is 1. The third-order valence-electron chi connectivity index (χ3n) is 5.75. The summed E-state index contributed by atoms with van der Waals surface area (Å²) in [6.07, 6.45) is 6.53. The fraction of sp³-hybridized carbons (Fsp3) is 0.320. The number of piperidine rings is 1. The number of ether oxygens (including phenoxy) is 1. The molecule has 0 radical (unpaired) electrons. The predicted octanol–water partition coefficient (Wildman–Crippen LogP) is 4.63. The van der Waals surface area contributed by atoms with E-state index in [2.05, 4.69) is 4.98 Å². The minimum absolute atomic E-state index is 0.130. The Morgan fingerprint density at radius 3 is 2.84 bits per heavy atom. The smallest absolute Gasteiger partial charge is 0.222 e. The van der Waals surface area contributed by atoms with Crippen LogP contribution in [0.25, 0.3) is 11.3 Å². The summed E-state index contributed by atoms with van der Waals surface area (Å²) in [7, 11) is 1.64. The van der Waals surface area contributed by atoms with Gasteiger partial charge in [0.05, 0.1) is 24.7 Å². The van der Waals surface area contributed by atoms with E-state index in [1.54, 1.807) is 31.6 Å². The monoisotopic (exact) mass is 419 g/mol. The van der Waals surface area contributed by atoms with Crippen molar-refractivity contribution in [1.82, 2.24) is 14.9 Å². The van der Waals surface area contributed by atoms with Crippen LogP contribution in [0.2, 0.25) is 0 Å². The predicted molar refractivity (Wildman–Crippen MR) is 117 cm³/mol. The van der Waals surface area contributed by atoms with E-state index >= 15 is 0 Å². The number of carbonyl (C=O) groups excluding carboxylic acids is 1. The molecule has 5 nitrogen and oxygen atoms in total. The molecule has 0 aliphatic carbocycles. The van der Waals surface area contributed by atoms with Gasteiger partial charge >= 0.3 is 0 Å². The highest BCUT2D eigenvalue weighted by molar-refractivity contribution is 5.76. The summed E-state index contributed by atoms with van der Waals surface area (Å²) in [4.78, 5) is 24.0. The average molecular weight is 420 g/mol. The molecule has 1 aliphatic rings. The van der Waals surface area contributed by atoms with Crippen LogP contribution in [0.5, 0.6) is 5.75 Å². The van der Waals surface area contributed by atoms with E-state index in [1.807, 2.05) is 29.2 Å². The molecule has 1 aromatic heterocycles. The normalized spacial score (nSPS) is 16.2. The van der Waals surface area contributed by atoms with Crippen LogP contribution >= 0.6 is 0 Å². The van der Waals surface area contributed by atoms with Crippen LogP contribution in [-0.2, 0) is 11.2 Å². The lowest BCUT2D eigenvalue weighted by atomic mass is 9.94. The lowest BCUT2D eigenvalue weighted by Crippen LogP contribution is -2.39. The first-order valence-electron chi connectivity index (χ1n) is 10.6. The van der Waals surface area contributed by atoms with Gasteiger partial charge in [-0.1, -0.05) is 24.3 Å². The van der Waals surface area contributed by atoms with Gasteiger partial charge in [-0.3, -0.25) is 9.78 Å². The fourth-order valence-corrected chi connectivity index (χ4v) is 4.00. The molecule has 31 heavy (non-hydrogen) atoms. The topological polar surface area (TPSA) is 55.3 Å². The van der Waals surface area contributed by atoms with E-state index in [0.29, 0.717) is 19.4 Å². The first-order chi connectivity index (χ1) is 15.1. The van der Waals surface area contributed by atoms with E-state index < -0.39 is 0 Å². The van der Waals surface area contributed by atoms with Crippen LogP contribution in [0.3, 0.4) is 0 Å². The Morgan fingerprint density at radius 1 is 1.19 bits per heavy atom. The van der Waals surface area contributed by atoms with Crippen LogP contribution in [0.1, 0.15) is 36.4 Å². The molecule has 3 aromatic rings. The van der Waals surface area contributed by atoms with Gasteiger partial charge in [0.25, 0.3) is 0 Å². The molecule has 0 unspecified atom stereocenters. The first-order valence-corrected chi connectivity index (χ1v) is 10.6. The van der Waals surface area contributed by atoms with Crippen LogP contribution < -0.4 is 4.74 Å². The van der Waals surface area contributed by atoms with Crippen molar-refractivity contribution < 1.29 is 13.9 Å². The Kier molecular flexibility index (Phi) is 6.55. The van der Waals surface area contributed by atoms with Crippen molar-refractivity contribution in [3.05, 3.63) is 78.0 Å². The van der Waals surface area contributed by atoms with Gasteiger partial charge in [-0.2, -0.15) is 0 Å². The second kappa shape index (κ2) is 9.69. The average Bonchev–Trinajstić information content (AvgIpc) is 2.83. The standard InChI is InChI=1S/C25H26FN3O2/c1-31-22-6-2-4-19(14-22)23-15-27-16-24(28-23)20-5-3-13-29(17-20)25(30)12-9-18-7-10-21(26)11-8-18/h2,4,6-8,10-11,14-16,20H,3,5,9,12-13,17H2,1H3/t20-/m0/s1. The molecule has 2 aromatic carbocycles. The zero-order chi connectivity index (χ0) is 21.6. The summed E-state index contributed by atoms with van der Waals surface area (Å²) in [5, 5.41) is 0. The third kappa shape index (κ3) is 5.26. The maximum atomic E-state index is 13.1. The number of hydrogen-bond acceptors (Lipinski definition) is 4. The largest absolute Gasteiger partial charge is 0.497 e. The molecule has 1 amide bonds. The Balaban J connectivity index is 1.42. The zero-order valence-electron chi connectivity index (χ0n) is 17.6. The van der Waals surface area contributed by atoms with Crippen molar-refractivity contribution in [3.8, 4) is 17.0 Å². The molecule has 0 spiro atoms. The number of rotatable bonds is 6. The Hall–Kier alpha value is -3.28. The number of benzene rings is 2. The number of hydrogen-bond donors (Lipinski definition) is 0. The van der Waals surface area contributed by atoms with Gasteiger partial charge in [-0.05, 0) is 49.1 Å². The third-order valence-corrected chi connectivity index (χ3v) is 5.75. The number of aryl methyl sites for hydroxylation is 1. The minimum Gasteiger partial charge on any atom is -0.497 e. The number of likely N-dealkylation sites (tertiary alicyclic amines) is 1. The van der Waals surface area contributed by atoms with Gasteiger partial charge in [0, 0.05) is 37.2 Å². The van der Waals surface area contributed by atoms with E-state index in [-0.39, 0.29) is 17.6 Å². The molecular weight excluding hydrogens is 393 g/mol. The second-order valence-electron chi connectivity index (χ2n) is 7.87. The van der Waals surface area contributed by atoms with Crippen molar-refractivity contribution >= 4 is 5.91 Å². The zero-order valence-corrected chi connectivity index (χ0v) is 17.6. The molecule has 0 saturated carbocycles. The Bertz CT molecular complexity index is 1040. The molecule has 1 atom stereocenters. The highest BCUT2D eigenvalue weighted by Gasteiger charge is 2.26. The molecule has 2 heterocycles. The molecule has 0 N–H and O–H groups in total. The fourth-order valence-electron chi connectivity index (χ4n) is 4.00. The summed E-state index contributed by atoms with van der Waals surface area (Å²) < 4.78 is 18.4. The first kappa shape index (κ1) is 21.0. The molecule has 4 rings (SSSR count). The van der Waals surface area contributed by atoms with Crippen molar-refractivity contribution in [1.29, 1.82) is 0 Å². The Labute approximate surface area is 181 Å². The number of methoxy groups -OCH3 is 1. The summed E-state index contributed by atoms with van der Waals surface area (Å²) >= 11 is 0. The van der Waals surface area contributed by atoms with E-state index in [0.717, 1.165) is 47.7 Å². The molecule has 1 aliphatic heterocycles. The summed E-state index contributed by atoms with van der Waals surface area (Å²) in [5.41, 5.74) is 3.64. The van der Waals surface area contributed by atoms with Gasteiger partial charge in [-0.25, -0.2) is 9.37 Å². The van der Waals surface area contributed by atoms with Crippen molar-refractivity contribution in [2.45, 2.75) is 31.6 Å².